The number of anilines is 2. The van der Waals surface area contributed by atoms with Crippen molar-refractivity contribution in [1.29, 1.82) is 0 Å². The van der Waals surface area contributed by atoms with Crippen LogP contribution in [0.1, 0.15) is 12.0 Å². The van der Waals surface area contributed by atoms with Crippen LogP contribution < -0.4 is 10.6 Å². The Morgan fingerprint density at radius 1 is 1.23 bits per heavy atom. The number of hydrogen-bond acceptors (Lipinski definition) is 6. The van der Waals surface area contributed by atoms with Crippen LogP contribution in [0.2, 0.25) is 0 Å². The summed E-state index contributed by atoms with van der Waals surface area (Å²) in [6.45, 7) is 2.39. The summed E-state index contributed by atoms with van der Waals surface area (Å²) in [4.78, 5) is 31.2. The van der Waals surface area contributed by atoms with Gasteiger partial charge in [0, 0.05) is 19.2 Å². The first kappa shape index (κ1) is 13.9. The summed E-state index contributed by atoms with van der Waals surface area (Å²) in [5, 5.41) is 5.84. The van der Waals surface area contributed by atoms with Crippen LogP contribution in [0.5, 0.6) is 0 Å². The third kappa shape index (κ3) is 3.17. The maximum atomic E-state index is 11.9. The van der Waals surface area contributed by atoms with Crippen LogP contribution in [0.3, 0.4) is 0 Å². The molecule has 1 amide bonds. The van der Waals surface area contributed by atoms with Gasteiger partial charge in [-0.2, -0.15) is 0 Å². The fourth-order valence-corrected chi connectivity index (χ4v) is 1.94. The van der Waals surface area contributed by atoms with Gasteiger partial charge >= 0.3 is 0 Å². The fourth-order valence-electron chi connectivity index (χ4n) is 1.94. The van der Waals surface area contributed by atoms with Gasteiger partial charge in [0.15, 0.2) is 11.5 Å². The SMILES string of the molecule is Cc1ccc(NC(=O)CCNc2ncnc3nc[nH]c23)nc1. The molecule has 0 aromatic carbocycles. The minimum Gasteiger partial charge on any atom is -0.368 e. The Kier molecular flexibility index (Phi) is 3.90. The highest BCUT2D eigenvalue weighted by molar-refractivity contribution is 5.90. The second kappa shape index (κ2) is 6.17. The Morgan fingerprint density at radius 3 is 2.95 bits per heavy atom. The minimum absolute atomic E-state index is 0.112. The smallest absolute Gasteiger partial charge is 0.227 e. The standard InChI is InChI=1S/C14H15N7O/c1-9-2-3-10(16-6-9)21-11(22)4-5-15-13-12-14(18-7-17-12)20-8-19-13/h2-3,6-8H,4-5H2,1H3,(H,16,21,22)(H2,15,17,18,19,20). The molecular weight excluding hydrogens is 282 g/mol. The Labute approximate surface area is 126 Å². The first-order chi connectivity index (χ1) is 10.7. The summed E-state index contributed by atoms with van der Waals surface area (Å²) in [7, 11) is 0. The number of aromatic nitrogens is 5. The van der Waals surface area contributed by atoms with Crippen molar-refractivity contribution in [2.24, 2.45) is 0 Å². The molecule has 3 rings (SSSR count). The largest absolute Gasteiger partial charge is 0.368 e. The normalized spacial score (nSPS) is 10.6. The van der Waals surface area contributed by atoms with E-state index in [9.17, 15) is 4.79 Å². The van der Waals surface area contributed by atoms with Crippen LogP contribution in [-0.4, -0.2) is 37.4 Å². The zero-order chi connectivity index (χ0) is 15.4. The predicted octanol–water partition coefficient (Wildman–Crippen LogP) is 1.50. The molecule has 0 radical (unpaired) electrons. The molecule has 0 aliphatic carbocycles. The van der Waals surface area contributed by atoms with Crippen LogP contribution in [0.15, 0.2) is 31.0 Å². The molecule has 22 heavy (non-hydrogen) atoms. The number of aryl methyl sites for hydroxylation is 1. The molecule has 8 nitrogen and oxygen atoms in total. The average molecular weight is 297 g/mol. The minimum atomic E-state index is -0.112. The highest BCUT2D eigenvalue weighted by atomic mass is 16.1. The van der Waals surface area contributed by atoms with Crippen LogP contribution >= 0.6 is 0 Å². The molecule has 3 aromatic rings. The molecule has 0 saturated carbocycles. The maximum absolute atomic E-state index is 11.9. The highest BCUT2D eigenvalue weighted by Crippen LogP contribution is 2.14. The highest BCUT2D eigenvalue weighted by Gasteiger charge is 2.07. The van der Waals surface area contributed by atoms with Gasteiger partial charge in [-0.25, -0.2) is 19.9 Å². The number of hydrogen-bond donors (Lipinski definition) is 3. The van der Waals surface area contributed by atoms with Crippen LogP contribution in [0.4, 0.5) is 11.6 Å². The van der Waals surface area contributed by atoms with Gasteiger partial charge in [0.1, 0.15) is 17.7 Å². The van der Waals surface area contributed by atoms with Crippen molar-refractivity contribution in [3.05, 3.63) is 36.5 Å². The van der Waals surface area contributed by atoms with Crippen molar-refractivity contribution in [3.8, 4) is 0 Å². The van der Waals surface area contributed by atoms with E-state index in [4.69, 9.17) is 0 Å². The molecular formula is C14H15N7O. The van der Waals surface area contributed by atoms with E-state index in [0.717, 1.165) is 11.1 Å². The molecule has 0 bridgehead atoms. The maximum Gasteiger partial charge on any atom is 0.227 e. The first-order valence-corrected chi connectivity index (χ1v) is 6.83. The van der Waals surface area contributed by atoms with E-state index in [1.54, 1.807) is 18.6 Å². The third-order valence-corrected chi connectivity index (χ3v) is 3.05. The van der Waals surface area contributed by atoms with E-state index in [-0.39, 0.29) is 5.91 Å². The van der Waals surface area contributed by atoms with Crippen molar-refractivity contribution in [2.45, 2.75) is 13.3 Å². The van der Waals surface area contributed by atoms with Crippen molar-refractivity contribution in [1.82, 2.24) is 24.9 Å². The Morgan fingerprint density at radius 2 is 2.14 bits per heavy atom. The molecule has 3 N–H and O–H groups in total. The Balaban J connectivity index is 1.53. The zero-order valence-electron chi connectivity index (χ0n) is 12.0. The number of nitrogens with one attached hydrogen (secondary N) is 3. The van der Waals surface area contributed by atoms with Gasteiger partial charge in [0.25, 0.3) is 0 Å². The fraction of sp³-hybridized carbons (Fsp3) is 0.214. The van der Waals surface area contributed by atoms with Gasteiger partial charge in [-0.15, -0.1) is 0 Å². The van der Waals surface area contributed by atoms with Crippen molar-refractivity contribution < 1.29 is 4.79 Å². The lowest BCUT2D eigenvalue weighted by molar-refractivity contribution is -0.116. The van der Waals surface area contributed by atoms with Crippen molar-refractivity contribution >= 4 is 28.7 Å². The lowest BCUT2D eigenvalue weighted by atomic mass is 10.3. The van der Waals surface area contributed by atoms with Gasteiger partial charge in [0.05, 0.1) is 6.33 Å². The van der Waals surface area contributed by atoms with E-state index in [1.807, 2.05) is 13.0 Å². The molecule has 0 atom stereocenters. The monoisotopic (exact) mass is 297 g/mol. The average Bonchev–Trinajstić information content (AvgIpc) is 2.99. The molecule has 0 aliphatic heterocycles. The van der Waals surface area contributed by atoms with Crippen LogP contribution in [0, 0.1) is 6.92 Å². The lowest BCUT2D eigenvalue weighted by Crippen LogP contribution is -2.17. The van der Waals surface area contributed by atoms with E-state index >= 15 is 0 Å². The second-order valence-corrected chi connectivity index (χ2v) is 4.77. The number of nitrogens with zero attached hydrogens (tertiary/aromatic N) is 4. The molecule has 3 aromatic heterocycles. The molecule has 0 unspecified atom stereocenters. The summed E-state index contributed by atoms with van der Waals surface area (Å²) >= 11 is 0. The number of carbonyl (C=O) groups is 1. The van der Waals surface area contributed by atoms with Crippen LogP contribution in [-0.2, 0) is 4.79 Å². The zero-order valence-corrected chi connectivity index (χ0v) is 12.0. The van der Waals surface area contributed by atoms with Crippen LogP contribution in [0.25, 0.3) is 11.2 Å². The Hall–Kier alpha value is -3.03. The summed E-state index contributed by atoms with van der Waals surface area (Å²) in [6, 6.07) is 3.68. The quantitative estimate of drug-likeness (QED) is 0.658. The van der Waals surface area contributed by atoms with Gasteiger partial charge in [-0.05, 0) is 18.6 Å². The van der Waals surface area contributed by atoms with E-state index in [2.05, 4.69) is 35.6 Å². The topological polar surface area (TPSA) is 108 Å². The summed E-state index contributed by atoms with van der Waals surface area (Å²) < 4.78 is 0. The molecule has 0 spiro atoms. The van der Waals surface area contributed by atoms with E-state index in [1.165, 1.54) is 6.33 Å². The van der Waals surface area contributed by atoms with Gasteiger partial charge < -0.3 is 15.6 Å². The van der Waals surface area contributed by atoms with Gasteiger partial charge in [-0.3, -0.25) is 4.79 Å². The molecule has 3 heterocycles. The molecule has 0 aliphatic rings. The number of carbonyl (C=O) groups excluding carboxylic acids is 1. The lowest BCUT2D eigenvalue weighted by Gasteiger charge is -2.07. The first-order valence-electron chi connectivity index (χ1n) is 6.83. The molecule has 0 fully saturated rings. The number of aromatic amines is 1. The predicted molar refractivity (Wildman–Crippen MR) is 82.4 cm³/mol. The van der Waals surface area contributed by atoms with E-state index in [0.29, 0.717) is 30.2 Å². The molecule has 0 saturated heterocycles. The second-order valence-electron chi connectivity index (χ2n) is 4.77. The summed E-state index contributed by atoms with van der Waals surface area (Å²) in [6.07, 6.45) is 5.00. The van der Waals surface area contributed by atoms with Gasteiger partial charge in [-0.1, -0.05) is 6.07 Å². The molecule has 8 heteroatoms. The van der Waals surface area contributed by atoms with Crippen molar-refractivity contribution in [3.63, 3.8) is 0 Å². The number of imidazole rings is 1. The van der Waals surface area contributed by atoms with Crippen molar-refractivity contribution in [2.75, 3.05) is 17.2 Å². The summed E-state index contributed by atoms with van der Waals surface area (Å²) in [5.41, 5.74) is 2.36. The number of H-pyrrole nitrogens is 1. The number of rotatable bonds is 5. The number of fused-ring (bicyclic) bond motifs is 1. The number of pyridine rings is 1. The third-order valence-electron chi connectivity index (χ3n) is 3.05. The number of amides is 1. The summed E-state index contributed by atoms with van der Waals surface area (Å²) in [5.74, 6) is 1.07. The van der Waals surface area contributed by atoms with E-state index < -0.39 is 0 Å². The Bertz CT molecular complexity index is 781. The van der Waals surface area contributed by atoms with Gasteiger partial charge in [0.2, 0.25) is 5.91 Å². The molecule has 112 valence electrons.